The SMILES string of the molecule is Cc1nc(-c2ccc(OCC(=O)N3CCN(C(=O)C4COc5ccccc5O4)CC3)cc2)no1. The summed E-state index contributed by atoms with van der Waals surface area (Å²) in [5, 5.41) is 3.88. The number of ether oxygens (including phenoxy) is 3. The molecule has 2 aromatic carbocycles. The summed E-state index contributed by atoms with van der Waals surface area (Å²) in [5.74, 6) is 2.52. The van der Waals surface area contributed by atoms with Crippen LogP contribution in [0.25, 0.3) is 11.4 Å². The summed E-state index contributed by atoms with van der Waals surface area (Å²) >= 11 is 0. The highest BCUT2D eigenvalue weighted by molar-refractivity contribution is 5.83. The summed E-state index contributed by atoms with van der Waals surface area (Å²) in [6.45, 7) is 3.57. The smallest absolute Gasteiger partial charge is 0.267 e. The van der Waals surface area contributed by atoms with Gasteiger partial charge in [0.2, 0.25) is 17.8 Å². The fraction of sp³-hybridized carbons (Fsp3) is 0.333. The number of carbonyl (C=O) groups excluding carboxylic acids is 2. The van der Waals surface area contributed by atoms with Crippen molar-refractivity contribution in [1.29, 1.82) is 0 Å². The first-order valence-corrected chi connectivity index (χ1v) is 11.1. The Bertz CT molecular complexity index is 1170. The molecule has 1 aromatic heterocycles. The van der Waals surface area contributed by atoms with Crippen molar-refractivity contribution in [3.8, 4) is 28.6 Å². The molecule has 0 saturated carbocycles. The summed E-state index contributed by atoms with van der Waals surface area (Å²) < 4.78 is 22.1. The predicted octanol–water partition coefficient (Wildman–Crippen LogP) is 1.93. The topological polar surface area (TPSA) is 107 Å². The molecule has 3 heterocycles. The molecule has 176 valence electrons. The summed E-state index contributed by atoms with van der Waals surface area (Å²) in [4.78, 5) is 33.1. The minimum Gasteiger partial charge on any atom is -0.485 e. The molecule has 0 aliphatic carbocycles. The van der Waals surface area contributed by atoms with Crippen molar-refractivity contribution in [2.75, 3.05) is 39.4 Å². The molecular weight excluding hydrogens is 440 g/mol. The van der Waals surface area contributed by atoms with Gasteiger partial charge in [0.05, 0.1) is 0 Å². The highest BCUT2D eigenvalue weighted by Gasteiger charge is 2.33. The first kappa shape index (κ1) is 21.7. The molecule has 10 nitrogen and oxygen atoms in total. The van der Waals surface area contributed by atoms with E-state index >= 15 is 0 Å². The van der Waals surface area contributed by atoms with Crippen LogP contribution in [-0.4, -0.2) is 77.3 Å². The fourth-order valence-corrected chi connectivity index (χ4v) is 3.87. The third kappa shape index (κ3) is 4.66. The van der Waals surface area contributed by atoms with Crippen molar-refractivity contribution in [1.82, 2.24) is 19.9 Å². The van der Waals surface area contributed by atoms with E-state index in [0.717, 1.165) is 5.56 Å². The molecule has 3 aromatic rings. The average Bonchev–Trinajstić information content (AvgIpc) is 3.33. The van der Waals surface area contributed by atoms with Gasteiger partial charge in [-0.2, -0.15) is 4.98 Å². The highest BCUT2D eigenvalue weighted by atomic mass is 16.6. The summed E-state index contributed by atoms with van der Waals surface area (Å²) in [7, 11) is 0. The summed E-state index contributed by atoms with van der Waals surface area (Å²) in [5.41, 5.74) is 0.798. The number of carbonyl (C=O) groups is 2. The predicted molar refractivity (Wildman–Crippen MR) is 119 cm³/mol. The first-order chi connectivity index (χ1) is 16.6. The molecule has 0 radical (unpaired) electrons. The van der Waals surface area contributed by atoms with Crippen molar-refractivity contribution >= 4 is 11.8 Å². The minimum atomic E-state index is -0.681. The molecule has 5 rings (SSSR count). The second-order valence-electron chi connectivity index (χ2n) is 8.02. The van der Waals surface area contributed by atoms with E-state index in [2.05, 4.69) is 10.1 Å². The average molecular weight is 464 g/mol. The van der Waals surface area contributed by atoms with E-state index in [4.69, 9.17) is 18.7 Å². The number of aromatic nitrogens is 2. The van der Waals surface area contributed by atoms with Crippen molar-refractivity contribution in [2.24, 2.45) is 0 Å². The lowest BCUT2D eigenvalue weighted by Gasteiger charge is -2.37. The first-order valence-electron chi connectivity index (χ1n) is 11.1. The van der Waals surface area contributed by atoms with Crippen LogP contribution in [0.15, 0.2) is 53.1 Å². The molecule has 0 N–H and O–H groups in total. The number of nitrogens with zero attached hydrogens (tertiary/aromatic N) is 4. The third-order valence-corrected chi connectivity index (χ3v) is 5.73. The van der Waals surface area contributed by atoms with Crippen molar-refractivity contribution < 1.29 is 28.3 Å². The lowest BCUT2D eigenvalue weighted by molar-refractivity contribution is -0.146. The highest BCUT2D eigenvalue weighted by Crippen LogP contribution is 2.31. The number of rotatable bonds is 5. The van der Waals surface area contributed by atoms with E-state index in [1.807, 2.05) is 30.3 Å². The Balaban J connectivity index is 1.08. The quantitative estimate of drug-likeness (QED) is 0.564. The summed E-state index contributed by atoms with van der Waals surface area (Å²) in [6.07, 6.45) is -0.681. The Labute approximate surface area is 196 Å². The maximum Gasteiger partial charge on any atom is 0.267 e. The van der Waals surface area contributed by atoms with Crippen LogP contribution in [0.1, 0.15) is 5.89 Å². The molecule has 2 amide bonds. The molecule has 1 fully saturated rings. The van der Waals surface area contributed by atoms with Crippen LogP contribution in [0.5, 0.6) is 17.2 Å². The van der Waals surface area contributed by atoms with Crippen molar-refractivity contribution in [3.05, 3.63) is 54.4 Å². The second-order valence-corrected chi connectivity index (χ2v) is 8.02. The Morgan fingerprint density at radius 1 is 1.00 bits per heavy atom. The molecule has 0 bridgehead atoms. The molecule has 1 atom stereocenters. The Morgan fingerprint density at radius 2 is 1.71 bits per heavy atom. The van der Waals surface area contributed by atoms with E-state index < -0.39 is 6.10 Å². The van der Waals surface area contributed by atoms with Gasteiger partial charge < -0.3 is 28.5 Å². The van der Waals surface area contributed by atoms with E-state index in [1.165, 1.54) is 0 Å². The van der Waals surface area contributed by atoms with E-state index in [-0.39, 0.29) is 25.0 Å². The van der Waals surface area contributed by atoms with Crippen molar-refractivity contribution in [2.45, 2.75) is 13.0 Å². The number of para-hydroxylation sites is 2. The lowest BCUT2D eigenvalue weighted by Crippen LogP contribution is -2.55. The van der Waals surface area contributed by atoms with Crippen LogP contribution in [0.2, 0.25) is 0 Å². The number of piperazine rings is 1. The van der Waals surface area contributed by atoms with E-state index in [1.54, 1.807) is 34.9 Å². The van der Waals surface area contributed by atoms with Gasteiger partial charge in [0, 0.05) is 38.7 Å². The van der Waals surface area contributed by atoms with Gasteiger partial charge in [-0.1, -0.05) is 17.3 Å². The standard InChI is InChI=1S/C24H24N4O6/c1-16-25-23(26-34-16)17-6-8-18(9-7-17)31-15-22(29)27-10-12-28(13-11-27)24(30)21-14-32-19-4-2-3-5-20(19)33-21/h2-9,21H,10-15H2,1H3. The van der Waals surface area contributed by atoms with E-state index in [9.17, 15) is 9.59 Å². The zero-order chi connectivity index (χ0) is 23.5. The number of benzene rings is 2. The fourth-order valence-electron chi connectivity index (χ4n) is 3.87. The Morgan fingerprint density at radius 3 is 2.41 bits per heavy atom. The van der Waals surface area contributed by atoms with Gasteiger partial charge in [0.25, 0.3) is 11.8 Å². The van der Waals surface area contributed by atoms with Gasteiger partial charge in [-0.05, 0) is 36.4 Å². The number of hydrogen-bond donors (Lipinski definition) is 0. The minimum absolute atomic E-state index is 0.0784. The molecular formula is C24H24N4O6. The number of aryl methyl sites for hydroxylation is 1. The van der Waals surface area contributed by atoms with E-state index in [0.29, 0.717) is 55.1 Å². The van der Waals surface area contributed by atoms with Crippen LogP contribution in [0.4, 0.5) is 0 Å². The van der Waals surface area contributed by atoms with Crippen LogP contribution < -0.4 is 14.2 Å². The second kappa shape index (κ2) is 9.42. The molecule has 34 heavy (non-hydrogen) atoms. The number of hydrogen-bond acceptors (Lipinski definition) is 8. The molecule has 10 heteroatoms. The lowest BCUT2D eigenvalue weighted by atomic mass is 10.2. The number of fused-ring (bicyclic) bond motifs is 1. The molecule has 1 unspecified atom stereocenters. The molecule has 2 aliphatic rings. The summed E-state index contributed by atoms with van der Waals surface area (Å²) in [6, 6.07) is 14.4. The monoisotopic (exact) mass is 464 g/mol. The van der Waals surface area contributed by atoms with Crippen molar-refractivity contribution in [3.63, 3.8) is 0 Å². The maximum absolute atomic E-state index is 12.9. The Kier molecular flexibility index (Phi) is 6.03. The van der Waals surface area contributed by atoms with Crippen LogP contribution in [-0.2, 0) is 9.59 Å². The molecule has 0 spiro atoms. The van der Waals surface area contributed by atoms with Crippen LogP contribution in [0, 0.1) is 6.92 Å². The van der Waals surface area contributed by atoms with Gasteiger partial charge in [-0.15, -0.1) is 0 Å². The van der Waals surface area contributed by atoms with Crippen LogP contribution >= 0.6 is 0 Å². The van der Waals surface area contributed by atoms with Gasteiger partial charge in [-0.25, -0.2) is 0 Å². The van der Waals surface area contributed by atoms with Gasteiger partial charge in [-0.3, -0.25) is 9.59 Å². The largest absolute Gasteiger partial charge is 0.485 e. The third-order valence-electron chi connectivity index (χ3n) is 5.73. The normalized spacial score (nSPS) is 17.4. The maximum atomic E-state index is 12.9. The van der Waals surface area contributed by atoms with Gasteiger partial charge >= 0.3 is 0 Å². The molecule has 1 saturated heterocycles. The van der Waals surface area contributed by atoms with Gasteiger partial charge in [0.15, 0.2) is 18.1 Å². The van der Waals surface area contributed by atoms with Crippen LogP contribution in [0.3, 0.4) is 0 Å². The Hall–Kier alpha value is -4.08. The molecule has 2 aliphatic heterocycles. The zero-order valence-corrected chi connectivity index (χ0v) is 18.7. The zero-order valence-electron chi connectivity index (χ0n) is 18.7. The number of amides is 2. The van der Waals surface area contributed by atoms with Gasteiger partial charge in [0.1, 0.15) is 12.4 Å².